The summed E-state index contributed by atoms with van der Waals surface area (Å²) in [6.45, 7) is 1.15. The third-order valence-corrected chi connectivity index (χ3v) is 5.53. The van der Waals surface area contributed by atoms with Gasteiger partial charge in [0, 0.05) is 40.9 Å². The van der Waals surface area contributed by atoms with E-state index in [9.17, 15) is 9.59 Å². The number of amides is 2. The summed E-state index contributed by atoms with van der Waals surface area (Å²) in [5.41, 5.74) is 15.0. The van der Waals surface area contributed by atoms with Gasteiger partial charge in [0.2, 0.25) is 5.91 Å². The summed E-state index contributed by atoms with van der Waals surface area (Å²) in [7, 11) is 0. The second-order valence-electron chi connectivity index (χ2n) is 8.43. The van der Waals surface area contributed by atoms with Gasteiger partial charge in [0.1, 0.15) is 0 Å². The van der Waals surface area contributed by atoms with Crippen molar-refractivity contribution in [1.82, 2.24) is 10.6 Å². The Labute approximate surface area is 218 Å². The molecule has 188 valence electrons. The molecule has 0 aliphatic carbocycles. The quantitative estimate of drug-likeness (QED) is 0.272. The molecule has 1 atom stereocenters. The van der Waals surface area contributed by atoms with Gasteiger partial charge < -0.3 is 22.1 Å². The molecular weight excluding hydrogens is 460 g/mol. The van der Waals surface area contributed by atoms with E-state index in [1.54, 1.807) is 12.1 Å². The molecule has 0 aromatic heterocycles. The van der Waals surface area contributed by atoms with Crippen molar-refractivity contribution < 1.29 is 9.59 Å². The van der Waals surface area contributed by atoms with Crippen molar-refractivity contribution in [3.8, 4) is 23.7 Å². The van der Waals surface area contributed by atoms with Crippen molar-refractivity contribution >= 4 is 11.8 Å². The molecule has 0 unspecified atom stereocenters. The van der Waals surface area contributed by atoms with E-state index in [4.69, 9.17) is 11.5 Å². The first-order valence-electron chi connectivity index (χ1n) is 12.4. The fraction of sp³-hybridized carbons (Fsp3) is 0.226. The van der Waals surface area contributed by atoms with Crippen LogP contribution in [0.4, 0.5) is 0 Å². The maximum absolute atomic E-state index is 12.8. The molecule has 0 fully saturated rings. The van der Waals surface area contributed by atoms with E-state index in [-0.39, 0.29) is 24.9 Å². The van der Waals surface area contributed by atoms with Crippen molar-refractivity contribution in [1.29, 1.82) is 0 Å². The first-order valence-corrected chi connectivity index (χ1v) is 12.4. The summed E-state index contributed by atoms with van der Waals surface area (Å²) in [5.74, 6) is 12.1. The predicted octanol–water partition coefficient (Wildman–Crippen LogP) is 2.79. The molecule has 0 heterocycles. The summed E-state index contributed by atoms with van der Waals surface area (Å²) in [4.78, 5) is 24.8. The average Bonchev–Trinajstić information content (AvgIpc) is 2.94. The van der Waals surface area contributed by atoms with Crippen molar-refractivity contribution in [3.05, 3.63) is 107 Å². The minimum Gasteiger partial charge on any atom is -0.353 e. The Morgan fingerprint density at radius 2 is 1.32 bits per heavy atom. The molecule has 6 nitrogen and oxygen atoms in total. The Morgan fingerprint density at radius 3 is 1.95 bits per heavy atom. The molecule has 2 amide bonds. The Bertz CT molecular complexity index is 1300. The molecule has 0 bridgehead atoms. The van der Waals surface area contributed by atoms with E-state index in [0.29, 0.717) is 24.1 Å². The van der Waals surface area contributed by atoms with E-state index >= 15 is 0 Å². The fourth-order valence-corrected chi connectivity index (χ4v) is 3.45. The highest BCUT2D eigenvalue weighted by Crippen LogP contribution is 2.12. The van der Waals surface area contributed by atoms with Crippen LogP contribution in [0, 0.1) is 23.7 Å². The van der Waals surface area contributed by atoms with E-state index < -0.39 is 6.04 Å². The smallest absolute Gasteiger partial charge is 0.251 e. The van der Waals surface area contributed by atoms with Crippen molar-refractivity contribution in [2.75, 3.05) is 19.6 Å². The Hall–Kier alpha value is -4.36. The summed E-state index contributed by atoms with van der Waals surface area (Å²) in [6, 6.07) is 24.0. The molecule has 3 aromatic rings. The number of nitrogens with two attached hydrogens (primary N) is 2. The van der Waals surface area contributed by atoms with Gasteiger partial charge in [-0.1, -0.05) is 66.5 Å². The number of rotatable bonds is 9. The molecule has 0 aliphatic heterocycles. The summed E-state index contributed by atoms with van der Waals surface area (Å²) in [5, 5.41) is 5.59. The van der Waals surface area contributed by atoms with E-state index in [1.807, 2.05) is 66.7 Å². The zero-order chi connectivity index (χ0) is 26.3. The Morgan fingerprint density at radius 1 is 0.730 bits per heavy atom. The molecule has 3 aromatic carbocycles. The lowest BCUT2D eigenvalue weighted by atomic mass is 10.0. The maximum Gasteiger partial charge on any atom is 0.251 e. The van der Waals surface area contributed by atoms with Crippen LogP contribution in [0.15, 0.2) is 78.9 Å². The molecular formula is C31H32N4O2. The Balaban J connectivity index is 1.67. The van der Waals surface area contributed by atoms with Crippen LogP contribution >= 0.6 is 0 Å². The van der Waals surface area contributed by atoms with Crippen LogP contribution in [-0.2, 0) is 4.79 Å². The van der Waals surface area contributed by atoms with Crippen molar-refractivity contribution in [2.24, 2.45) is 11.5 Å². The van der Waals surface area contributed by atoms with Gasteiger partial charge in [-0.2, -0.15) is 0 Å². The van der Waals surface area contributed by atoms with Gasteiger partial charge >= 0.3 is 0 Å². The lowest BCUT2D eigenvalue weighted by Crippen LogP contribution is -2.43. The first kappa shape index (κ1) is 27.2. The third-order valence-electron chi connectivity index (χ3n) is 5.53. The highest BCUT2D eigenvalue weighted by atomic mass is 16.2. The summed E-state index contributed by atoms with van der Waals surface area (Å²) < 4.78 is 0. The molecule has 0 spiro atoms. The molecule has 37 heavy (non-hydrogen) atoms. The van der Waals surface area contributed by atoms with E-state index in [1.165, 1.54) is 0 Å². The minimum atomic E-state index is -0.572. The van der Waals surface area contributed by atoms with Crippen LogP contribution in [0.2, 0.25) is 0 Å². The van der Waals surface area contributed by atoms with Crippen LogP contribution in [0.5, 0.6) is 0 Å². The maximum atomic E-state index is 12.8. The van der Waals surface area contributed by atoms with Gasteiger partial charge in [0.05, 0.1) is 6.04 Å². The highest BCUT2D eigenvalue weighted by Gasteiger charge is 2.13. The lowest BCUT2D eigenvalue weighted by Gasteiger charge is -2.12. The molecule has 0 saturated carbocycles. The largest absolute Gasteiger partial charge is 0.353 e. The number of carbonyl (C=O) groups excluding carboxylic acids is 2. The monoisotopic (exact) mass is 492 g/mol. The van der Waals surface area contributed by atoms with Crippen LogP contribution in [0.3, 0.4) is 0 Å². The van der Waals surface area contributed by atoms with Crippen LogP contribution in [-0.4, -0.2) is 37.5 Å². The molecule has 6 N–H and O–H groups in total. The number of hydrogen-bond acceptors (Lipinski definition) is 4. The molecule has 0 saturated heterocycles. The second kappa shape index (κ2) is 14.9. The standard InChI is InChI=1S/C31H32N4O2/c32-20-8-7-13-29(33)31(37)35-22-21-34-30(36)28-19-18-26(16-14-24-9-3-1-4-10-24)27(23-28)17-15-25-11-5-2-6-12-25/h1-6,9-12,18-19,23,29H,7-8,13,20-22,32-33H2,(H,34,36)(H,35,37)/t29-/m0/s1. The fourth-order valence-electron chi connectivity index (χ4n) is 3.45. The van der Waals surface area contributed by atoms with Gasteiger partial charge in [0.15, 0.2) is 0 Å². The lowest BCUT2D eigenvalue weighted by molar-refractivity contribution is -0.122. The van der Waals surface area contributed by atoms with Crippen molar-refractivity contribution in [2.45, 2.75) is 25.3 Å². The van der Waals surface area contributed by atoms with Gasteiger partial charge in [-0.25, -0.2) is 0 Å². The molecule has 0 radical (unpaired) electrons. The van der Waals surface area contributed by atoms with Gasteiger partial charge in [-0.3, -0.25) is 9.59 Å². The zero-order valence-corrected chi connectivity index (χ0v) is 20.8. The normalized spacial score (nSPS) is 10.8. The number of nitrogens with one attached hydrogen (secondary N) is 2. The highest BCUT2D eigenvalue weighted by molar-refractivity contribution is 5.95. The van der Waals surface area contributed by atoms with Crippen LogP contribution in [0.25, 0.3) is 0 Å². The zero-order valence-electron chi connectivity index (χ0n) is 20.8. The van der Waals surface area contributed by atoms with E-state index in [0.717, 1.165) is 29.5 Å². The molecule has 3 rings (SSSR count). The van der Waals surface area contributed by atoms with E-state index in [2.05, 4.69) is 34.3 Å². The summed E-state index contributed by atoms with van der Waals surface area (Å²) >= 11 is 0. The summed E-state index contributed by atoms with van der Waals surface area (Å²) in [6.07, 6.45) is 2.23. The van der Waals surface area contributed by atoms with Gasteiger partial charge in [-0.05, 0) is 61.9 Å². The second-order valence-corrected chi connectivity index (χ2v) is 8.43. The predicted molar refractivity (Wildman–Crippen MR) is 148 cm³/mol. The number of benzene rings is 3. The number of hydrogen-bond donors (Lipinski definition) is 4. The number of unbranched alkanes of at least 4 members (excludes halogenated alkanes) is 1. The Kier molecular flexibility index (Phi) is 11.0. The molecule has 6 heteroatoms. The van der Waals surface area contributed by atoms with Crippen LogP contribution < -0.4 is 22.1 Å². The van der Waals surface area contributed by atoms with Crippen molar-refractivity contribution in [3.63, 3.8) is 0 Å². The van der Waals surface area contributed by atoms with Gasteiger partial charge in [0.25, 0.3) is 5.91 Å². The average molecular weight is 493 g/mol. The molecule has 0 aliphatic rings. The van der Waals surface area contributed by atoms with Gasteiger partial charge in [-0.15, -0.1) is 0 Å². The third kappa shape index (κ3) is 9.31. The topological polar surface area (TPSA) is 110 Å². The number of carbonyl (C=O) groups is 2. The minimum absolute atomic E-state index is 0.230. The SMILES string of the molecule is NCCCC[C@H](N)C(=O)NCCNC(=O)c1ccc(C#Cc2ccccc2)c(C#Cc2ccccc2)c1. The van der Waals surface area contributed by atoms with Crippen LogP contribution in [0.1, 0.15) is 51.9 Å². The first-order chi connectivity index (χ1) is 18.1.